The SMILES string of the molecule is CC1NC(=O)C(N(C)C(=O)C(CCCCNC(=O)OC(C)(C)C)NC(=O)c2ccc(-c3ccc(Cl)cc3)cc2)c2ccc(OC(=O)OC(C)(C)C)c(c2)-c2cc(ccc2O)CC(C(=O)NCC(=O)CCC2CCNC2=O)NC1=O. The molecule has 20 nitrogen and oxygen atoms in total. The van der Waals surface area contributed by atoms with Gasteiger partial charge in [-0.1, -0.05) is 48.0 Å². The lowest BCUT2D eigenvalue weighted by Gasteiger charge is -2.32. The van der Waals surface area contributed by atoms with Gasteiger partial charge in [-0.05, 0) is 151 Å². The lowest BCUT2D eigenvalue weighted by atomic mass is 9.93. The fourth-order valence-corrected chi connectivity index (χ4v) is 9.04. The van der Waals surface area contributed by atoms with Gasteiger partial charge < -0.3 is 56.1 Å². The van der Waals surface area contributed by atoms with Crippen LogP contribution in [0.2, 0.25) is 5.02 Å². The van der Waals surface area contributed by atoms with E-state index in [-0.39, 0.29) is 77.2 Å². The summed E-state index contributed by atoms with van der Waals surface area (Å²) in [5.74, 6) is -4.99. The van der Waals surface area contributed by atoms with Crippen LogP contribution in [0.5, 0.6) is 11.5 Å². The minimum atomic E-state index is -1.59. The number of hydrogen-bond donors (Lipinski definition) is 7. The molecule has 1 saturated heterocycles. The van der Waals surface area contributed by atoms with Gasteiger partial charge >= 0.3 is 12.2 Å². The van der Waals surface area contributed by atoms with E-state index in [1.54, 1.807) is 77.9 Å². The summed E-state index contributed by atoms with van der Waals surface area (Å²) in [6.07, 6.45) is -0.286. The van der Waals surface area contributed by atoms with E-state index in [0.717, 1.165) is 16.0 Å². The zero-order chi connectivity index (χ0) is 57.8. The highest BCUT2D eigenvalue weighted by molar-refractivity contribution is 6.30. The number of unbranched alkanes of at least 4 members (excludes halogenated alkanes) is 1. The maximum atomic E-state index is 15.1. The number of nitrogens with zero attached hydrogens (tertiary/aromatic N) is 1. The number of nitrogens with one attached hydrogen (secondary N) is 6. The minimum Gasteiger partial charge on any atom is -0.507 e. The molecule has 4 aromatic carbocycles. The summed E-state index contributed by atoms with van der Waals surface area (Å²) in [5, 5.41) is 28.3. The highest BCUT2D eigenvalue weighted by atomic mass is 35.5. The molecule has 21 heteroatoms. The topological polar surface area (TPSA) is 277 Å². The summed E-state index contributed by atoms with van der Waals surface area (Å²) in [7, 11) is 1.34. The Labute approximate surface area is 464 Å². The first-order valence-electron chi connectivity index (χ1n) is 26.2. The molecule has 0 aromatic heterocycles. The van der Waals surface area contributed by atoms with E-state index in [4.69, 9.17) is 25.8 Å². The van der Waals surface area contributed by atoms with Crippen LogP contribution in [0.1, 0.15) is 115 Å². The summed E-state index contributed by atoms with van der Waals surface area (Å²) in [4.78, 5) is 124. The number of halogens is 1. The van der Waals surface area contributed by atoms with Crippen LogP contribution in [-0.2, 0) is 44.7 Å². The van der Waals surface area contributed by atoms with E-state index >= 15 is 4.79 Å². The lowest BCUT2D eigenvalue weighted by molar-refractivity contribution is -0.141. The van der Waals surface area contributed by atoms with Crippen molar-refractivity contribution >= 4 is 65.1 Å². The summed E-state index contributed by atoms with van der Waals surface area (Å²) < 4.78 is 16.6. The smallest absolute Gasteiger partial charge is 0.507 e. The highest BCUT2D eigenvalue weighted by Gasteiger charge is 2.37. The number of amides is 7. The van der Waals surface area contributed by atoms with Gasteiger partial charge in [0.05, 0.1) is 6.54 Å². The Morgan fingerprint density at radius 1 is 0.785 bits per heavy atom. The summed E-state index contributed by atoms with van der Waals surface area (Å²) in [6.45, 7) is 11.8. The Kier molecular flexibility index (Phi) is 20.3. The van der Waals surface area contributed by atoms with Gasteiger partial charge in [0.1, 0.15) is 46.9 Å². The lowest BCUT2D eigenvalue weighted by Crippen LogP contribution is -2.56. The van der Waals surface area contributed by atoms with Crippen LogP contribution in [0.25, 0.3) is 22.3 Å². The molecular weight excluding hydrogens is 1040 g/mol. The van der Waals surface area contributed by atoms with Crippen molar-refractivity contribution in [2.24, 2.45) is 5.92 Å². The molecule has 1 fully saturated rings. The minimum absolute atomic E-state index is 0.0300. The van der Waals surface area contributed by atoms with Gasteiger partial charge in [0, 0.05) is 60.6 Å². The largest absolute Gasteiger partial charge is 0.514 e. The number of alkyl carbamates (subject to hydrolysis) is 1. The van der Waals surface area contributed by atoms with Crippen LogP contribution in [0.3, 0.4) is 0 Å². The molecule has 7 amide bonds. The second-order valence-corrected chi connectivity index (χ2v) is 22.1. The van der Waals surface area contributed by atoms with Crippen LogP contribution >= 0.6 is 11.6 Å². The Bertz CT molecular complexity index is 2920. The fraction of sp³-hybridized carbons (Fsp3) is 0.431. The maximum Gasteiger partial charge on any atom is 0.514 e. The third-order valence-corrected chi connectivity index (χ3v) is 13.2. The molecule has 0 aliphatic carbocycles. The predicted molar refractivity (Wildman–Crippen MR) is 294 cm³/mol. The molecule has 2 heterocycles. The number of benzene rings is 4. The first kappa shape index (κ1) is 60.2. The first-order chi connectivity index (χ1) is 37.2. The van der Waals surface area contributed by atoms with Crippen molar-refractivity contribution in [3.63, 3.8) is 0 Å². The standard InChI is InChI=1S/C58H70ClN7O13/c1-33-49(69)65-45(52(72)62-32-41(67)23-19-38-26-28-60-50(38)70)30-34-12-24-46(68)42(29-34)43-31-39(20-25-47(43)77-56(76)79-58(5,6)7)48(53(73)63-33)66(8)54(74)44(11-9-10-27-61-55(75)78-57(2,3)4)64-51(71)37-15-13-35(14-16-37)36-17-21-40(59)22-18-36/h12-18,20-22,24-25,29,31,33,38,44-45,48,68H,9-11,19,23,26-28,30,32H2,1-8H3,(H,60,70)(H,61,75)(H,62,72)(H,63,73)(H,64,71)(H,65,69). The molecule has 5 unspecified atom stereocenters. The number of Topliss-reactive ketones (excluding diaryl/α,β-unsaturated/α-hetero) is 1. The third-order valence-electron chi connectivity index (χ3n) is 13.0. The Morgan fingerprint density at radius 2 is 1.46 bits per heavy atom. The Hall–Kier alpha value is -8.00. The van der Waals surface area contributed by atoms with E-state index < -0.39 is 83.7 Å². The van der Waals surface area contributed by atoms with Gasteiger partial charge in [-0.15, -0.1) is 0 Å². The van der Waals surface area contributed by atoms with Crippen molar-refractivity contribution in [3.05, 3.63) is 107 Å². The molecule has 2 aliphatic heterocycles. The average Bonchev–Trinajstić information content (AvgIpc) is 3.81. The number of ketones is 1. The quantitative estimate of drug-likeness (QED) is 0.0325. The first-order valence-corrected chi connectivity index (χ1v) is 26.6. The van der Waals surface area contributed by atoms with Gasteiger partial charge in [0.25, 0.3) is 5.91 Å². The van der Waals surface area contributed by atoms with E-state index in [9.17, 15) is 43.5 Å². The molecule has 0 radical (unpaired) electrons. The molecule has 0 saturated carbocycles. The van der Waals surface area contributed by atoms with Crippen LogP contribution < -0.4 is 36.6 Å². The van der Waals surface area contributed by atoms with Gasteiger partial charge in [0.15, 0.2) is 5.78 Å². The monoisotopic (exact) mass is 1110 g/mol. The number of fused-ring (bicyclic) bond motifs is 5. The van der Waals surface area contributed by atoms with Crippen molar-refractivity contribution in [1.82, 2.24) is 36.8 Å². The van der Waals surface area contributed by atoms with E-state index in [2.05, 4.69) is 31.9 Å². The fourth-order valence-electron chi connectivity index (χ4n) is 8.91. The highest BCUT2D eigenvalue weighted by Crippen LogP contribution is 2.40. The van der Waals surface area contributed by atoms with E-state index in [1.807, 2.05) is 12.1 Å². The molecule has 79 heavy (non-hydrogen) atoms. The molecule has 4 aromatic rings. The average molecular weight is 1110 g/mol. The predicted octanol–water partition coefficient (Wildman–Crippen LogP) is 6.83. The summed E-state index contributed by atoms with van der Waals surface area (Å²) >= 11 is 6.10. The van der Waals surface area contributed by atoms with Gasteiger partial charge in [0.2, 0.25) is 29.5 Å². The number of ether oxygens (including phenoxy) is 3. The summed E-state index contributed by atoms with van der Waals surface area (Å²) in [5.41, 5.74) is 0.799. The molecule has 422 valence electrons. The zero-order valence-corrected chi connectivity index (χ0v) is 46.5. The molecule has 7 N–H and O–H groups in total. The van der Waals surface area contributed by atoms with Crippen LogP contribution in [0.4, 0.5) is 9.59 Å². The third kappa shape index (κ3) is 17.5. The molecule has 6 rings (SSSR count). The van der Waals surface area contributed by atoms with Crippen molar-refractivity contribution in [1.29, 1.82) is 0 Å². The normalized spacial score (nSPS) is 17.8. The number of carbonyl (C=O) groups is 9. The number of hydrogen-bond acceptors (Lipinski definition) is 13. The molecule has 0 spiro atoms. The molecular formula is C58H70ClN7O13. The number of phenols is 1. The number of likely N-dealkylation sites (N-methyl/N-ethyl adjacent to an activating group) is 1. The maximum absolute atomic E-state index is 15.1. The zero-order valence-electron chi connectivity index (χ0n) is 45.7. The molecule has 4 bridgehead atoms. The molecule has 5 atom stereocenters. The summed E-state index contributed by atoms with van der Waals surface area (Å²) in [6, 6.07) is 16.9. The Morgan fingerprint density at radius 3 is 2.10 bits per heavy atom. The number of aromatic hydroxyl groups is 1. The van der Waals surface area contributed by atoms with Crippen molar-refractivity contribution < 1.29 is 62.5 Å². The Balaban J connectivity index is 1.35. The van der Waals surface area contributed by atoms with Gasteiger partial charge in [-0.2, -0.15) is 0 Å². The van der Waals surface area contributed by atoms with Crippen LogP contribution in [0.15, 0.2) is 84.9 Å². The van der Waals surface area contributed by atoms with Gasteiger partial charge in [-0.25, -0.2) is 9.59 Å². The van der Waals surface area contributed by atoms with Gasteiger partial charge in [-0.3, -0.25) is 33.6 Å². The number of carbonyl (C=O) groups excluding carboxylic acids is 9. The van der Waals surface area contributed by atoms with Crippen molar-refractivity contribution in [2.75, 3.05) is 26.7 Å². The van der Waals surface area contributed by atoms with Crippen LogP contribution in [-0.4, -0.2) is 119 Å². The number of phenolic OH excluding ortho intramolecular Hbond substituents is 1. The van der Waals surface area contributed by atoms with Crippen molar-refractivity contribution in [2.45, 2.75) is 129 Å². The second-order valence-electron chi connectivity index (χ2n) is 21.6. The van der Waals surface area contributed by atoms with Crippen LogP contribution in [0, 0.1) is 5.92 Å². The van der Waals surface area contributed by atoms with E-state index in [0.29, 0.717) is 42.8 Å². The molecule has 2 aliphatic rings. The second kappa shape index (κ2) is 26.6. The number of rotatable bonds is 17. The van der Waals surface area contributed by atoms with E-state index in [1.165, 1.54) is 50.4 Å². The van der Waals surface area contributed by atoms with Crippen molar-refractivity contribution in [3.8, 4) is 33.8 Å².